The van der Waals surface area contributed by atoms with Crippen LogP contribution in [0.1, 0.15) is 15.4 Å². The van der Waals surface area contributed by atoms with Gasteiger partial charge in [-0.1, -0.05) is 0 Å². The molecule has 96 valence electrons. The maximum atomic E-state index is 11.6. The molecule has 2 aromatic heterocycles. The van der Waals surface area contributed by atoms with Crippen LogP contribution in [0.15, 0.2) is 6.07 Å². The molecule has 0 saturated carbocycles. The topological polar surface area (TPSA) is 68.5 Å². The van der Waals surface area contributed by atoms with Crippen LogP contribution >= 0.6 is 11.3 Å². The van der Waals surface area contributed by atoms with Gasteiger partial charge in [-0.25, -0.2) is 9.78 Å². The van der Waals surface area contributed by atoms with Gasteiger partial charge in [-0.2, -0.15) is 0 Å². The van der Waals surface area contributed by atoms with Gasteiger partial charge in [0.25, 0.3) is 0 Å². The molecule has 5 nitrogen and oxygen atoms in total. The number of thiophene rings is 1. The molecule has 0 aliphatic carbocycles. The third kappa shape index (κ3) is 1.88. The maximum absolute atomic E-state index is 11.6. The van der Waals surface area contributed by atoms with Crippen LogP contribution in [0.4, 0.5) is 11.4 Å². The Morgan fingerprint density at radius 2 is 2.17 bits per heavy atom. The molecule has 0 saturated heterocycles. The highest BCUT2D eigenvalue weighted by molar-refractivity contribution is 7.21. The number of carbonyl (C=O) groups is 1. The van der Waals surface area contributed by atoms with Crippen LogP contribution in [0.25, 0.3) is 10.2 Å². The normalized spacial score (nSPS) is 10.7. The number of rotatable bonds is 2. The Kier molecular flexibility index (Phi) is 3.13. The van der Waals surface area contributed by atoms with Crippen LogP contribution in [-0.2, 0) is 4.74 Å². The molecule has 0 aliphatic rings. The third-order valence-corrected chi connectivity index (χ3v) is 3.74. The lowest BCUT2D eigenvalue weighted by atomic mass is 10.2. The summed E-state index contributed by atoms with van der Waals surface area (Å²) in [6, 6.07) is 1.95. The Labute approximate surface area is 109 Å². The van der Waals surface area contributed by atoms with Crippen LogP contribution in [-0.4, -0.2) is 32.2 Å². The van der Waals surface area contributed by atoms with Crippen molar-refractivity contribution in [2.75, 3.05) is 31.8 Å². The zero-order valence-electron chi connectivity index (χ0n) is 10.8. The highest BCUT2D eigenvalue weighted by Crippen LogP contribution is 2.38. The summed E-state index contributed by atoms with van der Waals surface area (Å²) in [7, 11) is 5.21. The van der Waals surface area contributed by atoms with Gasteiger partial charge in [0.15, 0.2) is 0 Å². The number of hydrogen-bond acceptors (Lipinski definition) is 6. The van der Waals surface area contributed by atoms with Crippen molar-refractivity contribution >= 4 is 38.9 Å². The molecule has 0 amide bonds. The van der Waals surface area contributed by atoms with E-state index in [1.54, 1.807) is 0 Å². The minimum atomic E-state index is -0.419. The predicted octanol–water partition coefficient (Wildman–Crippen LogP) is 2.04. The first-order valence-electron chi connectivity index (χ1n) is 5.41. The molecule has 0 aliphatic heterocycles. The average molecular weight is 265 g/mol. The number of ether oxygens (including phenoxy) is 1. The lowest BCUT2D eigenvalue weighted by Crippen LogP contribution is -2.10. The molecule has 0 unspecified atom stereocenters. The van der Waals surface area contributed by atoms with Gasteiger partial charge < -0.3 is 15.4 Å². The number of methoxy groups -OCH3 is 1. The van der Waals surface area contributed by atoms with E-state index >= 15 is 0 Å². The largest absolute Gasteiger partial charge is 0.465 e. The first kappa shape index (κ1) is 12.6. The quantitative estimate of drug-likeness (QED) is 0.841. The van der Waals surface area contributed by atoms with Gasteiger partial charge in [0, 0.05) is 19.8 Å². The summed E-state index contributed by atoms with van der Waals surface area (Å²) in [4.78, 5) is 19.2. The van der Waals surface area contributed by atoms with Crippen molar-refractivity contribution in [2.45, 2.75) is 6.92 Å². The van der Waals surface area contributed by atoms with E-state index in [-0.39, 0.29) is 0 Å². The molecule has 2 rings (SSSR count). The standard InChI is InChI=1S/C12H15N3O2S/c1-6-5-7(15(2)3)8-9(13)10(12(16)17-4)18-11(8)14-6/h5H,13H2,1-4H3. The number of anilines is 2. The lowest BCUT2D eigenvalue weighted by Gasteiger charge is -2.14. The monoisotopic (exact) mass is 265 g/mol. The van der Waals surface area contributed by atoms with Crippen molar-refractivity contribution in [1.29, 1.82) is 0 Å². The Bertz CT molecular complexity index is 619. The number of carbonyl (C=O) groups excluding carboxylic acids is 1. The molecule has 2 N–H and O–H groups in total. The van der Waals surface area contributed by atoms with Gasteiger partial charge in [-0.3, -0.25) is 0 Å². The molecule has 18 heavy (non-hydrogen) atoms. The molecule has 6 heteroatoms. The zero-order valence-corrected chi connectivity index (χ0v) is 11.6. The third-order valence-electron chi connectivity index (χ3n) is 2.66. The number of nitrogens with two attached hydrogens (primary N) is 1. The number of aryl methyl sites for hydroxylation is 1. The molecule has 0 bridgehead atoms. The van der Waals surface area contributed by atoms with Gasteiger partial charge >= 0.3 is 5.97 Å². The molecule has 0 aromatic carbocycles. The highest BCUT2D eigenvalue weighted by atomic mass is 32.1. The number of aromatic nitrogens is 1. The summed E-state index contributed by atoms with van der Waals surface area (Å²) in [5, 5.41) is 0.816. The van der Waals surface area contributed by atoms with Gasteiger partial charge in [-0.15, -0.1) is 11.3 Å². The van der Waals surface area contributed by atoms with E-state index in [1.165, 1.54) is 18.4 Å². The Hall–Kier alpha value is -1.82. The van der Waals surface area contributed by atoms with Crippen LogP contribution in [0.3, 0.4) is 0 Å². The van der Waals surface area contributed by atoms with Crippen molar-refractivity contribution in [2.24, 2.45) is 0 Å². The maximum Gasteiger partial charge on any atom is 0.350 e. The van der Waals surface area contributed by atoms with E-state index in [1.807, 2.05) is 32.0 Å². The van der Waals surface area contributed by atoms with Crippen LogP contribution in [0, 0.1) is 6.92 Å². The number of esters is 1. The molecule has 0 spiro atoms. The van der Waals surface area contributed by atoms with Gasteiger partial charge in [0.2, 0.25) is 0 Å². The van der Waals surface area contributed by atoms with E-state index < -0.39 is 5.97 Å². The molecule has 2 aromatic rings. The Balaban J connectivity index is 2.80. The molecule has 0 fully saturated rings. The minimum Gasteiger partial charge on any atom is -0.465 e. The van der Waals surface area contributed by atoms with E-state index in [4.69, 9.17) is 10.5 Å². The van der Waals surface area contributed by atoms with Crippen molar-refractivity contribution in [1.82, 2.24) is 4.98 Å². The predicted molar refractivity (Wildman–Crippen MR) is 74.4 cm³/mol. The van der Waals surface area contributed by atoms with Crippen molar-refractivity contribution in [3.8, 4) is 0 Å². The van der Waals surface area contributed by atoms with Crippen molar-refractivity contribution in [3.63, 3.8) is 0 Å². The summed E-state index contributed by atoms with van der Waals surface area (Å²) in [5.41, 5.74) is 8.34. The molecular formula is C12H15N3O2S. The fourth-order valence-electron chi connectivity index (χ4n) is 1.82. The van der Waals surface area contributed by atoms with Crippen LogP contribution in [0.2, 0.25) is 0 Å². The summed E-state index contributed by atoms with van der Waals surface area (Å²) < 4.78 is 4.73. The minimum absolute atomic E-state index is 0.411. The SMILES string of the molecule is COC(=O)c1sc2nc(C)cc(N(C)C)c2c1N. The molecule has 0 atom stereocenters. The Morgan fingerprint density at radius 1 is 1.50 bits per heavy atom. The highest BCUT2D eigenvalue weighted by Gasteiger charge is 2.20. The van der Waals surface area contributed by atoms with Crippen LogP contribution in [0.5, 0.6) is 0 Å². The van der Waals surface area contributed by atoms with Crippen molar-refractivity contribution < 1.29 is 9.53 Å². The zero-order chi connectivity index (χ0) is 13.4. The second kappa shape index (κ2) is 4.45. The molecule has 2 heterocycles. The second-order valence-corrected chi connectivity index (χ2v) is 5.19. The van der Waals surface area contributed by atoms with Gasteiger partial charge in [0.05, 0.1) is 23.9 Å². The first-order valence-corrected chi connectivity index (χ1v) is 6.22. The Morgan fingerprint density at radius 3 is 2.72 bits per heavy atom. The lowest BCUT2D eigenvalue weighted by molar-refractivity contribution is 0.0607. The fraction of sp³-hybridized carbons (Fsp3) is 0.333. The molecular weight excluding hydrogens is 250 g/mol. The van der Waals surface area contributed by atoms with E-state index in [0.717, 1.165) is 21.6 Å². The van der Waals surface area contributed by atoms with Gasteiger partial charge in [0.1, 0.15) is 9.71 Å². The number of nitrogens with zero attached hydrogens (tertiary/aromatic N) is 2. The first-order chi connectivity index (χ1) is 8.45. The summed E-state index contributed by atoms with van der Waals surface area (Å²) in [6.07, 6.45) is 0. The van der Waals surface area contributed by atoms with Gasteiger partial charge in [-0.05, 0) is 13.0 Å². The number of fused-ring (bicyclic) bond motifs is 1. The fourth-order valence-corrected chi connectivity index (χ4v) is 2.90. The summed E-state index contributed by atoms with van der Waals surface area (Å²) in [6.45, 7) is 1.92. The van der Waals surface area contributed by atoms with Crippen LogP contribution < -0.4 is 10.6 Å². The molecule has 0 radical (unpaired) electrons. The number of pyridine rings is 1. The number of hydrogen-bond donors (Lipinski definition) is 1. The smallest absolute Gasteiger partial charge is 0.350 e. The second-order valence-electron chi connectivity index (χ2n) is 4.19. The summed E-state index contributed by atoms with van der Waals surface area (Å²) >= 11 is 1.26. The summed E-state index contributed by atoms with van der Waals surface area (Å²) in [5.74, 6) is -0.419. The van der Waals surface area contributed by atoms with E-state index in [0.29, 0.717) is 10.6 Å². The van der Waals surface area contributed by atoms with Crippen molar-refractivity contribution in [3.05, 3.63) is 16.6 Å². The van der Waals surface area contributed by atoms with E-state index in [9.17, 15) is 4.79 Å². The number of nitrogen functional groups attached to an aromatic ring is 1. The average Bonchev–Trinajstić information content (AvgIpc) is 2.64. The van der Waals surface area contributed by atoms with E-state index in [2.05, 4.69) is 4.98 Å².